The van der Waals surface area contributed by atoms with Gasteiger partial charge in [-0.2, -0.15) is 0 Å². The minimum atomic E-state index is -0.486. The molecule has 1 unspecified atom stereocenters. The lowest BCUT2D eigenvalue weighted by atomic mass is 10.0. The number of carbonyl (C=O) groups excluding carboxylic acids is 4. The zero-order chi connectivity index (χ0) is 72.0. The normalized spacial score (nSPS) is 11.5. The summed E-state index contributed by atoms with van der Waals surface area (Å²) in [7, 11) is 0. The highest BCUT2D eigenvalue weighted by molar-refractivity contribution is 5.93. The summed E-state index contributed by atoms with van der Waals surface area (Å²) >= 11 is 0. The minimum Gasteiger partial charge on any atom is -0.491 e. The Kier molecular flexibility index (Phi) is 44.1. The molecule has 0 aliphatic carbocycles. The van der Waals surface area contributed by atoms with E-state index in [0.29, 0.717) is 224 Å². The van der Waals surface area contributed by atoms with Crippen molar-refractivity contribution in [3.05, 3.63) is 168 Å². The van der Waals surface area contributed by atoms with Crippen molar-refractivity contribution >= 4 is 23.9 Å². The second kappa shape index (κ2) is 54.0. The van der Waals surface area contributed by atoms with Crippen molar-refractivity contribution in [1.82, 2.24) is 0 Å². The SMILES string of the molecule is CCCCCCCCCCC(COCCOCCOCCOCCOCCOCCOCCOCCOCCOCCOCCOCCOc1ccc(C(=O)Oc2ccc(-c3ccc(C(=O)OCC)cc3)cc2)cc1)Oc1ccc(C(=O)Oc2ccc(-c3ccc(C(=O)OCC)cc3)cc2)cc1. The molecule has 6 aromatic rings. The van der Waals surface area contributed by atoms with Crippen molar-refractivity contribution in [3.8, 4) is 45.3 Å². The third-order valence-corrected chi connectivity index (χ3v) is 15.3. The molecular weight excluding hydrogens is 1310 g/mol. The van der Waals surface area contributed by atoms with Crippen molar-refractivity contribution in [2.75, 3.05) is 178 Å². The molecule has 6 aromatic carbocycles. The van der Waals surface area contributed by atoms with Gasteiger partial charge in [0.2, 0.25) is 0 Å². The molecule has 0 heterocycles. The zero-order valence-electron chi connectivity index (χ0n) is 59.9. The van der Waals surface area contributed by atoms with Crippen LogP contribution >= 0.6 is 0 Å². The number of esters is 4. The molecule has 0 spiro atoms. The van der Waals surface area contributed by atoms with Crippen molar-refractivity contribution in [2.45, 2.75) is 84.7 Å². The Morgan fingerprint density at radius 2 is 0.520 bits per heavy atom. The van der Waals surface area contributed by atoms with E-state index in [-0.39, 0.29) is 18.0 Å². The fourth-order valence-electron chi connectivity index (χ4n) is 9.87. The maximum Gasteiger partial charge on any atom is 0.343 e. The van der Waals surface area contributed by atoms with Crippen LogP contribution in [0.5, 0.6) is 23.0 Å². The lowest BCUT2D eigenvalue weighted by Crippen LogP contribution is -2.24. The number of hydrogen-bond acceptors (Lipinski definition) is 22. The zero-order valence-corrected chi connectivity index (χ0v) is 59.9. The number of carbonyl (C=O) groups is 4. The van der Waals surface area contributed by atoms with Gasteiger partial charge < -0.3 is 85.3 Å². The summed E-state index contributed by atoms with van der Waals surface area (Å²) in [5.74, 6) is 0.410. The Morgan fingerprint density at radius 1 is 0.265 bits per heavy atom. The summed E-state index contributed by atoms with van der Waals surface area (Å²) in [6.45, 7) is 17.4. The molecule has 558 valence electrons. The van der Waals surface area contributed by atoms with Crippen molar-refractivity contribution in [1.29, 1.82) is 0 Å². The summed E-state index contributed by atoms with van der Waals surface area (Å²) in [5, 5.41) is 0. The maximum absolute atomic E-state index is 13.1. The minimum absolute atomic E-state index is 0.156. The Bertz CT molecular complexity index is 3130. The van der Waals surface area contributed by atoms with Gasteiger partial charge in [0.15, 0.2) is 0 Å². The molecule has 0 aromatic heterocycles. The van der Waals surface area contributed by atoms with Crippen LogP contribution in [0.4, 0.5) is 0 Å². The van der Waals surface area contributed by atoms with Crippen molar-refractivity contribution in [3.63, 3.8) is 0 Å². The number of rotatable bonds is 60. The Hall–Kier alpha value is -7.68. The molecule has 0 bridgehead atoms. The van der Waals surface area contributed by atoms with Crippen LogP contribution in [-0.2, 0) is 66.3 Å². The van der Waals surface area contributed by atoms with Crippen LogP contribution in [0.15, 0.2) is 146 Å². The van der Waals surface area contributed by atoms with Crippen LogP contribution in [-0.4, -0.2) is 208 Å². The van der Waals surface area contributed by atoms with E-state index < -0.39 is 11.9 Å². The van der Waals surface area contributed by atoms with Gasteiger partial charge >= 0.3 is 23.9 Å². The number of hydrogen-bond donors (Lipinski definition) is 0. The van der Waals surface area contributed by atoms with Crippen LogP contribution in [0.2, 0.25) is 0 Å². The Balaban J connectivity index is 0.645. The summed E-state index contributed by atoms with van der Waals surface area (Å²) in [6, 6.07) is 42.4. The average molecular weight is 1420 g/mol. The van der Waals surface area contributed by atoms with Gasteiger partial charge in [0.1, 0.15) is 35.7 Å². The van der Waals surface area contributed by atoms with Crippen LogP contribution in [0.1, 0.15) is 120 Å². The molecule has 0 fully saturated rings. The smallest absolute Gasteiger partial charge is 0.343 e. The molecular formula is C80H106O22. The molecule has 0 saturated heterocycles. The van der Waals surface area contributed by atoms with Gasteiger partial charge in [-0.05, 0) is 146 Å². The van der Waals surface area contributed by atoms with Crippen molar-refractivity contribution < 1.29 is 104 Å². The monoisotopic (exact) mass is 1420 g/mol. The average Bonchev–Trinajstić information content (AvgIpc) is 0.852. The molecule has 0 amide bonds. The fraction of sp³-hybridized carbons (Fsp3) is 0.500. The van der Waals surface area contributed by atoms with Crippen molar-refractivity contribution in [2.24, 2.45) is 0 Å². The molecule has 0 aliphatic heterocycles. The molecule has 0 radical (unpaired) electrons. The highest BCUT2D eigenvalue weighted by Gasteiger charge is 2.16. The first kappa shape index (κ1) is 83.3. The van der Waals surface area contributed by atoms with E-state index in [0.717, 1.165) is 41.5 Å². The third kappa shape index (κ3) is 36.5. The summed E-state index contributed by atoms with van der Waals surface area (Å²) in [4.78, 5) is 49.8. The molecule has 0 aliphatic rings. The van der Waals surface area contributed by atoms with Crippen LogP contribution in [0.3, 0.4) is 0 Å². The standard InChI is InChI=1S/C80H106O22/c1-4-7-8-9-10-11-12-13-14-76(100-73-37-29-71(30-38-73)80(84)102-75-35-25-67(26-36-75)65-17-21-69(22-18-65)78(82)98-6-3)63-96-60-59-94-56-55-92-52-51-90-48-47-88-44-43-86-40-39-85-41-42-87-45-46-89-49-50-91-53-54-93-57-58-95-61-62-99-72-31-27-70(28-32-72)79(83)101-74-33-23-66(24-34-74)64-15-19-68(20-16-64)77(81)97-5-2/h15-38,76H,4-14,39-63H2,1-3H3. The van der Waals surface area contributed by atoms with Crippen LogP contribution in [0, 0.1) is 0 Å². The van der Waals surface area contributed by atoms with E-state index in [4.69, 9.17) is 85.3 Å². The Labute approximate surface area is 601 Å². The van der Waals surface area contributed by atoms with E-state index in [9.17, 15) is 19.2 Å². The fourth-order valence-corrected chi connectivity index (χ4v) is 9.87. The summed E-state index contributed by atoms with van der Waals surface area (Å²) in [5.41, 5.74) is 5.44. The predicted octanol–water partition coefficient (Wildman–Crippen LogP) is 13.4. The van der Waals surface area contributed by atoms with Gasteiger partial charge in [0.25, 0.3) is 0 Å². The first-order valence-corrected chi connectivity index (χ1v) is 35.8. The van der Waals surface area contributed by atoms with Gasteiger partial charge in [-0.15, -0.1) is 0 Å². The van der Waals surface area contributed by atoms with Gasteiger partial charge in [0, 0.05) is 0 Å². The highest BCUT2D eigenvalue weighted by Crippen LogP contribution is 2.27. The van der Waals surface area contributed by atoms with E-state index in [1.807, 2.05) is 48.5 Å². The van der Waals surface area contributed by atoms with Crippen LogP contribution < -0.4 is 18.9 Å². The van der Waals surface area contributed by atoms with Crippen LogP contribution in [0.25, 0.3) is 22.3 Å². The number of ether oxygens (including phenoxy) is 18. The quantitative estimate of drug-likeness (QED) is 0.0196. The molecule has 6 rings (SSSR count). The molecule has 22 heteroatoms. The number of unbranched alkanes of at least 4 members (excludes halogenated alkanes) is 7. The van der Waals surface area contributed by atoms with E-state index in [1.165, 1.54) is 38.5 Å². The maximum atomic E-state index is 13.1. The first-order chi connectivity index (χ1) is 50.2. The molecule has 0 saturated carbocycles. The third-order valence-electron chi connectivity index (χ3n) is 15.3. The molecule has 1 atom stereocenters. The second-order valence-corrected chi connectivity index (χ2v) is 23.1. The van der Waals surface area contributed by atoms with Gasteiger partial charge in [0.05, 0.1) is 194 Å². The van der Waals surface area contributed by atoms with Gasteiger partial charge in [-0.3, -0.25) is 0 Å². The molecule has 102 heavy (non-hydrogen) atoms. The highest BCUT2D eigenvalue weighted by atomic mass is 16.6. The summed E-state index contributed by atoms with van der Waals surface area (Å²) < 4.78 is 101. The van der Waals surface area contributed by atoms with E-state index >= 15 is 0 Å². The summed E-state index contributed by atoms with van der Waals surface area (Å²) in [6.07, 6.45) is 10.4. The first-order valence-electron chi connectivity index (χ1n) is 35.8. The second-order valence-electron chi connectivity index (χ2n) is 23.1. The van der Waals surface area contributed by atoms with Gasteiger partial charge in [-0.1, -0.05) is 100 Å². The Morgan fingerprint density at radius 3 is 0.843 bits per heavy atom. The van der Waals surface area contributed by atoms with E-state index in [1.54, 1.807) is 111 Å². The molecule has 0 N–H and O–H groups in total. The topological polar surface area (TPSA) is 234 Å². The predicted molar refractivity (Wildman–Crippen MR) is 385 cm³/mol. The number of benzene rings is 6. The lowest BCUT2D eigenvalue weighted by Gasteiger charge is -2.20. The largest absolute Gasteiger partial charge is 0.491 e. The van der Waals surface area contributed by atoms with E-state index in [2.05, 4.69) is 6.92 Å². The lowest BCUT2D eigenvalue weighted by molar-refractivity contribution is -0.0296. The molecule has 22 nitrogen and oxygen atoms in total. The van der Waals surface area contributed by atoms with Gasteiger partial charge in [-0.25, -0.2) is 19.2 Å².